The fraction of sp³-hybridized carbons (Fsp3) is 0.833. The van der Waals surface area contributed by atoms with Crippen molar-refractivity contribution in [2.75, 3.05) is 19.8 Å². The lowest BCUT2D eigenvalue weighted by atomic mass is 10.0. The molecule has 5 nitrogen and oxygen atoms in total. The van der Waals surface area contributed by atoms with Gasteiger partial charge in [-0.05, 0) is 26.2 Å². The Kier molecular flexibility index (Phi) is 8.40. The minimum atomic E-state index is -0.445. The SMILES string of the molecule is CCOC(=O)CN[C@@H](CC(C)C)C(=O)OCC. The van der Waals surface area contributed by atoms with E-state index in [0.29, 0.717) is 25.6 Å². The second-order valence-electron chi connectivity index (χ2n) is 4.12. The lowest BCUT2D eigenvalue weighted by Crippen LogP contribution is -2.42. The van der Waals surface area contributed by atoms with E-state index in [9.17, 15) is 9.59 Å². The Labute approximate surface area is 103 Å². The molecule has 5 heteroatoms. The van der Waals surface area contributed by atoms with E-state index in [-0.39, 0.29) is 18.5 Å². The molecule has 0 aliphatic carbocycles. The zero-order chi connectivity index (χ0) is 13.3. The Bertz CT molecular complexity index is 241. The summed E-state index contributed by atoms with van der Waals surface area (Å²) in [4.78, 5) is 22.8. The summed E-state index contributed by atoms with van der Waals surface area (Å²) >= 11 is 0. The largest absolute Gasteiger partial charge is 0.465 e. The zero-order valence-corrected chi connectivity index (χ0v) is 11.1. The van der Waals surface area contributed by atoms with Crippen LogP contribution in [-0.4, -0.2) is 37.7 Å². The second-order valence-corrected chi connectivity index (χ2v) is 4.12. The first-order chi connectivity index (χ1) is 8.01. The van der Waals surface area contributed by atoms with Gasteiger partial charge in [0, 0.05) is 0 Å². The summed E-state index contributed by atoms with van der Waals surface area (Å²) in [5.74, 6) is -0.324. The molecule has 0 bridgehead atoms. The van der Waals surface area contributed by atoms with Crippen LogP contribution in [0.25, 0.3) is 0 Å². The van der Waals surface area contributed by atoms with E-state index in [1.54, 1.807) is 13.8 Å². The highest BCUT2D eigenvalue weighted by Crippen LogP contribution is 2.06. The molecule has 17 heavy (non-hydrogen) atoms. The standard InChI is InChI=1S/C12H23NO4/c1-5-16-11(14)8-13-10(7-9(3)4)12(15)17-6-2/h9-10,13H,5-8H2,1-4H3/t10-/m0/s1. The zero-order valence-electron chi connectivity index (χ0n) is 11.1. The van der Waals surface area contributed by atoms with Crippen LogP contribution in [0.15, 0.2) is 0 Å². The van der Waals surface area contributed by atoms with E-state index in [4.69, 9.17) is 9.47 Å². The van der Waals surface area contributed by atoms with Crippen LogP contribution in [0.5, 0.6) is 0 Å². The van der Waals surface area contributed by atoms with Crippen LogP contribution < -0.4 is 5.32 Å². The normalized spacial score (nSPS) is 12.3. The lowest BCUT2D eigenvalue weighted by Gasteiger charge is -2.18. The summed E-state index contributed by atoms with van der Waals surface area (Å²) in [6, 6.07) is -0.445. The van der Waals surface area contributed by atoms with Crippen molar-refractivity contribution in [3.05, 3.63) is 0 Å². The van der Waals surface area contributed by atoms with Crippen LogP contribution >= 0.6 is 0 Å². The van der Waals surface area contributed by atoms with Gasteiger partial charge in [-0.3, -0.25) is 14.9 Å². The van der Waals surface area contributed by atoms with E-state index in [0.717, 1.165) is 0 Å². The van der Waals surface area contributed by atoms with Gasteiger partial charge < -0.3 is 9.47 Å². The third kappa shape index (κ3) is 7.74. The van der Waals surface area contributed by atoms with Crippen LogP contribution in [0.3, 0.4) is 0 Å². The summed E-state index contributed by atoms with van der Waals surface area (Å²) < 4.78 is 9.73. The number of rotatable bonds is 8. The molecule has 0 heterocycles. The van der Waals surface area contributed by atoms with Crippen molar-refractivity contribution in [2.24, 2.45) is 5.92 Å². The van der Waals surface area contributed by atoms with Crippen LogP contribution in [0.4, 0.5) is 0 Å². The van der Waals surface area contributed by atoms with Crippen LogP contribution in [0.1, 0.15) is 34.1 Å². The summed E-state index contributed by atoms with van der Waals surface area (Å²) in [7, 11) is 0. The van der Waals surface area contributed by atoms with Crippen molar-refractivity contribution >= 4 is 11.9 Å². The fourth-order valence-electron chi connectivity index (χ4n) is 1.40. The first-order valence-electron chi connectivity index (χ1n) is 6.06. The summed E-state index contributed by atoms with van der Waals surface area (Å²) in [6.45, 7) is 8.24. The predicted octanol–water partition coefficient (Wildman–Crippen LogP) is 1.12. The van der Waals surface area contributed by atoms with Crippen molar-refractivity contribution in [2.45, 2.75) is 40.2 Å². The Morgan fingerprint density at radius 1 is 1.12 bits per heavy atom. The van der Waals surface area contributed by atoms with Gasteiger partial charge in [-0.1, -0.05) is 13.8 Å². The molecule has 0 unspecified atom stereocenters. The Hall–Kier alpha value is -1.10. The maximum absolute atomic E-state index is 11.6. The number of carbonyl (C=O) groups excluding carboxylic acids is 2. The van der Waals surface area contributed by atoms with Crippen molar-refractivity contribution in [3.8, 4) is 0 Å². The third-order valence-electron chi connectivity index (χ3n) is 2.08. The molecule has 0 rings (SSSR count). The molecule has 0 aromatic rings. The fourth-order valence-corrected chi connectivity index (χ4v) is 1.40. The smallest absolute Gasteiger partial charge is 0.323 e. The Morgan fingerprint density at radius 2 is 1.71 bits per heavy atom. The molecule has 0 saturated carbocycles. The number of carbonyl (C=O) groups is 2. The maximum atomic E-state index is 11.6. The Morgan fingerprint density at radius 3 is 2.18 bits per heavy atom. The molecule has 0 aliphatic heterocycles. The van der Waals surface area contributed by atoms with E-state index < -0.39 is 6.04 Å². The average Bonchev–Trinajstić information content (AvgIpc) is 2.24. The van der Waals surface area contributed by atoms with Gasteiger partial charge in [0.2, 0.25) is 0 Å². The molecule has 0 aromatic heterocycles. The molecule has 0 aromatic carbocycles. The van der Waals surface area contributed by atoms with Gasteiger partial charge in [-0.2, -0.15) is 0 Å². The van der Waals surface area contributed by atoms with Crippen molar-refractivity contribution in [3.63, 3.8) is 0 Å². The van der Waals surface area contributed by atoms with Crippen LogP contribution in [-0.2, 0) is 19.1 Å². The van der Waals surface area contributed by atoms with Gasteiger partial charge >= 0.3 is 11.9 Å². The molecule has 0 saturated heterocycles. The number of hydrogen-bond donors (Lipinski definition) is 1. The average molecular weight is 245 g/mol. The summed E-state index contributed by atoms with van der Waals surface area (Å²) in [6.07, 6.45) is 0.637. The van der Waals surface area contributed by atoms with Crippen LogP contribution in [0.2, 0.25) is 0 Å². The molecule has 0 aliphatic rings. The van der Waals surface area contributed by atoms with E-state index >= 15 is 0 Å². The summed E-state index contributed by atoms with van der Waals surface area (Å²) in [5, 5.41) is 2.87. The number of nitrogens with one attached hydrogen (secondary N) is 1. The molecule has 0 fully saturated rings. The highest BCUT2D eigenvalue weighted by Gasteiger charge is 2.21. The molecular weight excluding hydrogens is 222 g/mol. The van der Waals surface area contributed by atoms with E-state index in [1.165, 1.54) is 0 Å². The maximum Gasteiger partial charge on any atom is 0.323 e. The first kappa shape index (κ1) is 15.9. The monoisotopic (exact) mass is 245 g/mol. The molecule has 100 valence electrons. The highest BCUT2D eigenvalue weighted by molar-refractivity contribution is 5.77. The minimum absolute atomic E-state index is 0.0318. The quantitative estimate of drug-likeness (QED) is 0.649. The van der Waals surface area contributed by atoms with E-state index in [2.05, 4.69) is 5.32 Å². The number of hydrogen-bond acceptors (Lipinski definition) is 5. The second kappa shape index (κ2) is 8.98. The van der Waals surface area contributed by atoms with Gasteiger partial charge in [-0.25, -0.2) is 0 Å². The van der Waals surface area contributed by atoms with Crippen molar-refractivity contribution < 1.29 is 19.1 Å². The molecule has 0 spiro atoms. The first-order valence-corrected chi connectivity index (χ1v) is 6.06. The van der Waals surface area contributed by atoms with E-state index in [1.807, 2.05) is 13.8 Å². The van der Waals surface area contributed by atoms with Crippen LogP contribution in [0, 0.1) is 5.92 Å². The summed E-state index contributed by atoms with van der Waals surface area (Å²) in [5.41, 5.74) is 0. The van der Waals surface area contributed by atoms with Gasteiger partial charge in [0.05, 0.1) is 19.8 Å². The molecule has 1 atom stereocenters. The molecular formula is C12H23NO4. The van der Waals surface area contributed by atoms with Gasteiger partial charge in [0.1, 0.15) is 6.04 Å². The molecule has 0 amide bonds. The highest BCUT2D eigenvalue weighted by atomic mass is 16.5. The van der Waals surface area contributed by atoms with Gasteiger partial charge in [0.15, 0.2) is 0 Å². The third-order valence-corrected chi connectivity index (χ3v) is 2.08. The Balaban J connectivity index is 4.18. The predicted molar refractivity (Wildman–Crippen MR) is 64.5 cm³/mol. The van der Waals surface area contributed by atoms with Gasteiger partial charge in [-0.15, -0.1) is 0 Å². The number of ether oxygens (including phenoxy) is 2. The lowest BCUT2D eigenvalue weighted by molar-refractivity contribution is -0.147. The number of esters is 2. The van der Waals surface area contributed by atoms with Crippen molar-refractivity contribution in [1.29, 1.82) is 0 Å². The van der Waals surface area contributed by atoms with Gasteiger partial charge in [0.25, 0.3) is 0 Å². The minimum Gasteiger partial charge on any atom is -0.465 e. The molecule has 0 radical (unpaired) electrons. The van der Waals surface area contributed by atoms with Crippen molar-refractivity contribution in [1.82, 2.24) is 5.32 Å². The topological polar surface area (TPSA) is 64.6 Å². The molecule has 1 N–H and O–H groups in total.